The zero-order valence-corrected chi connectivity index (χ0v) is 12.1. The first-order valence-electron chi connectivity index (χ1n) is 6.12. The van der Waals surface area contributed by atoms with Crippen LogP contribution in [0.5, 0.6) is 0 Å². The summed E-state index contributed by atoms with van der Waals surface area (Å²) in [6.07, 6.45) is 1.51. The molecule has 9 nitrogen and oxygen atoms in total. The van der Waals surface area contributed by atoms with E-state index < -0.39 is 27.1 Å². The molecule has 10 heteroatoms. The smallest absolute Gasteiger partial charge is 0.332 e. The third kappa shape index (κ3) is 2.17. The van der Waals surface area contributed by atoms with Gasteiger partial charge in [-0.2, -0.15) is 4.98 Å². The summed E-state index contributed by atoms with van der Waals surface area (Å²) in [6.45, 7) is 0. The van der Waals surface area contributed by atoms with Crippen LogP contribution in [0.15, 0.2) is 21.1 Å². The van der Waals surface area contributed by atoms with E-state index in [1.165, 1.54) is 24.7 Å². The van der Waals surface area contributed by atoms with Gasteiger partial charge < -0.3 is 10.3 Å². The van der Waals surface area contributed by atoms with Crippen LogP contribution in [0.1, 0.15) is 0 Å². The van der Waals surface area contributed by atoms with Crippen molar-refractivity contribution in [1.29, 1.82) is 0 Å². The minimum absolute atomic E-state index is 0.0685. The Hall–Kier alpha value is -2.36. The summed E-state index contributed by atoms with van der Waals surface area (Å²) < 4.78 is 24.9. The molecule has 21 heavy (non-hydrogen) atoms. The third-order valence-corrected chi connectivity index (χ3v) is 4.74. The molecule has 1 unspecified atom stereocenters. The number of hydrogen-bond donors (Lipinski definition) is 2. The molecular weight excluding hydrogens is 298 g/mol. The molecule has 0 amide bonds. The van der Waals surface area contributed by atoms with E-state index in [9.17, 15) is 18.0 Å². The second kappa shape index (κ2) is 4.32. The Bertz CT molecular complexity index is 978. The molecule has 0 saturated carbocycles. The van der Waals surface area contributed by atoms with Crippen molar-refractivity contribution in [2.24, 2.45) is 14.1 Å². The van der Waals surface area contributed by atoms with Crippen LogP contribution in [0, 0.1) is 0 Å². The van der Waals surface area contributed by atoms with Crippen molar-refractivity contribution in [3.05, 3.63) is 32.3 Å². The number of rotatable bonds is 2. The molecule has 3 rings (SSSR count). The molecule has 1 aliphatic rings. The minimum atomic E-state index is -3.18. The fraction of sp³-hybridized carbons (Fsp3) is 0.364. The molecule has 0 saturated heterocycles. The lowest BCUT2D eigenvalue weighted by Crippen LogP contribution is -2.36. The van der Waals surface area contributed by atoms with Gasteiger partial charge in [0.2, 0.25) is 5.95 Å². The monoisotopic (exact) mass is 311 g/mol. The highest BCUT2D eigenvalue weighted by Crippen LogP contribution is 2.14. The Balaban J connectivity index is 2.05. The lowest BCUT2D eigenvalue weighted by Gasteiger charge is -2.07. The zero-order valence-electron chi connectivity index (χ0n) is 11.3. The second-order valence-electron chi connectivity index (χ2n) is 4.90. The molecule has 0 radical (unpaired) electrons. The average Bonchev–Trinajstić information content (AvgIpc) is 2.98. The van der Waals surface area contributed by atoms with Gasteiger partial charge >= 0.3 is 5.69 Å². The number of fused-ring (bicyclic) bond motifs is 1. The lowest BCUT2D eigenvalue weighted by molar-refractivity contribution is 0.605. The van der Waals surface area contributed by atoms with Gasteiger partial charge in [0.15, 0.2) is 21.0 Å². The topological polar surface area (TPSA) is 119 Å². The zero-order chi connectivity index (χ0) is 15.4. The van der Waals surface area contributed by atoms with Crippen LogP contribution in [0.4, 0.5) is 5.95 Å². The van der Waals surface area contributed by atoms with E-state index in [2.05, 4.69) is 15.3 Å². The van der Waals surface area contributed by atoms with Gasteiger partial charge in [0.05, 0.1) is 11.8 Å². The Morgan fingerprint density at radius 1 is 1.33 bits per heavy atom. The number of hydrogen-bond acceptors (Lipinski definition) is 6. The van der Waals surface area contributed by atoms with Crippen molar-refractivity contribution in [3.8, 4) is 0 Å². The first-order valence-corrected chi connectivity index (χ1v) is 7.83. The maximum atomic E-state index is 12.0. The number of H-pyrrole nitrogens is 1. The molecule has 2 aromatic heterocycles. The maximum absolute atomic E-state index is 12.0. The molecule has 0 aromatic carbocycles. The van der Waals surface area contributed by atoms with Crippen molar-refractivity contribution < 1.29 is 8.42 Å². The Morgan fingerprint density at radius 2 is 2.05 bits per heavy atom. The van der Waals surface area contributed by atoms with E-state index in [1.54, 1.807) is 0 Å². The average molecular weight is 311 g/mol. The summed E-state index contributed by atoms with van der Waals surface area (Å²) in [7, 11) is -0.293. The number of anilines is 1. The molecule has 0 spiro atoms. The Morgan fingerprint density at radius 3 is 2.67 bits per heavy atom. The minimum Gasteiger partial charge on any atom is -0.348 e. The molecule has 1 aliphatic heterocycles. The van der Waals surface area contributed by atoms with Crippen molar-refractivity contribution >= 4 is 26.9 Å². The van der Waals surface area contributed by atoms with Gasteiger partial charge in [-0.05, 0) is 6.08 Å². The van der Waals surface area contributed by atoms with Crippen molar-refractivity contribution in [2.45, 2.75) is 6.04 Å². The van der Waals surface area contributed by atoms with Crippen LogP contribution in [-0.4, -0.2) is 39.3 Å². The Kier molecular flexibility index (Phi) is 2.80. The molecular formula is C11H13N5O4S. The lowest BCUT2D eigenvalue weighted by atomic mass is 10.3. The van der Waals surface area contributed by atoms with Crippen LogP contribution in [0.25, 0.3) is 11.2 Å². The molecule has 2 aromatic rings. The van der Waals surface area contributed by atoms with Crippen molar-refractivity contribution in [1.82, 2.24) is 19.1 Å². The Labute approximate surface area is 118 Å². The van der Waals surface area contributed by atoms with Crippen LogP contribution >= 0.6 is 0 Å². The molecule has 0 fully saturated rings. The summed E-state index contributed by atoms with van der Waals surface area (Å²) in [6, 6.07) is -0.420. The van der Waals surface area contributed by atoms with Crippen LogP contribution in [-0.2, 0) is 23.9 Å². The van der Waals surface area contributed by atoms with Crippen LogP contribution in [0.2, 0.25) is 0 Å². The predicted molar refractivity (Wildman–Crippen MR) is 76.9 cm³/mol. The van der Waals surface area contributed by atoms with Gasteiger partial charge in [0.25, 0.3) is 5.56 Å². The highest BCUT2D eigenvalue weighted by atomic mass is 32.2. The first kappa shape index (κ1) is 13.6. The number of aromatic nitrogens is 4. The van der Waals surface area contributed by atoms with Crippen LogP contribution in [0.3, 0.4) is 0 Å². The summed E-state index contributed by atoms with van der Waals surface area (Å²) in [5, 5.41) is 4.02. The third-order valence-electron chi connectivity index (χ3n) is 3.35. The molecule has 0 bridgehead atoms. The number of nitrogens with one attached hydrogen (secondary N) is 2. The fourth-order valence-corrected chi connectivity index (χ4v) is 3.47. The van der Waals surface area contributed by atoms with Gasteiger partial charge in [-0.3, -0.25) is 13.9 Å². The first-order chi connectivity index (χ1) is 9.78. The predicted octanol–water partition coefficient (Wildman–Crippen LogP) is -1.32. The van der Waals surface area contributed by atoms with Crippen LogP contribution < -0.4 is 16.6 Å². The van der Waals surface area contributed by atoms with Gasteiger partial charge in [0.1, 0.15) is 0 Å². The van der Waals surface area contributed by atoms with Gasteiger partial charge in [-0.1, -0.05) is 0 Å². The van der Waals surface area contributed by atoms with Gasteiger partial charge in [-0.15, -0.1) is 0 Å². The standard InChI is InChI=1S/C11H13N5O4S/c1-15-8-7(9(17)16(2)11(15)18)13-10(14-8)12-6-3-4-21(19,20)5-6/h3-4,6H,5H2,1-2H3,(H2,12,13,14). The number of sulfone groups is 1. The van der Waals surface area contributed by atoms with Crippen molar-refractivity contribution in [2.75, 3.05) is 11.1 Å². The number of aryl methyl sites for hydroxylation is 1. The van der Waals surface area contributed by atoms with E-state index in [1.807, 2.05) is 0 Å². The summed E-state index contributed by atoms with van der Waals surface area (Å²) in [5.41, 5.74) is -0.556. The normalized spacial score (nSPS) is 20.2. The van der Waals surface area contributed by atoms with Crippen molar-refractivity contribution in [3.63, 3.8) is 0 Å². The van der Waals surface area contributed by atoms with E-state index in [-0.39, 0.29) is 22.9 Å². The second-order valence-corrected chi connectivity index (χ2v) is 6.83. The van der Waals surface area contributed by atoms with E-state index in [4.69, 9.17) is 0 Å². The number of aromatic amines is 1. The van der Waals surface area contributed by atoms with E-state index in [0.717, 1.165) is 9.98 Å². The van der Waals surface area contributed by atoms with Gasteiger partial charge in [0, 0.05) is 19.5 Å². The quantitative estimate of drug-likeness (QED) is 0.710. The molecule has 2 N–H and O–H groups in total. The van der Waals surface area contributed by atoms with E-state index >= 15 is 0 Å². The molecule has 112 valence electrons. The highest BCUT2D eigenvalue weighted by Gasteiger charge is 2.23. The fourth-order valence-electron chi connectivity index (χ4n) is 2.24. The number of imidazole rings is 1. The molecule has 3 heterocycles. The molecule has 0 aliphatic carbocycles. The SMILES string of the molecule is Cn1c(=O)c2[nH]c(NC3C=CS(=O)(=O)C3)nc2n(C)c1=O. The summed E-state index contributed by atoms with van der Waals surface area (Å²) in [5.74, 6) is 0.177. The van der Waals surface area contributed by atoms with E-state index in [0.29, 0.717) is 0 Å². The summed E-state index contributed by atoms with van der Waals surface area (Å²) >= 11 is 0. The van der Waals surface area contributed by atoms with Gasteiger partial charge in [-0.25, -0.2) is 13.2 Å². The largest absolute Gasteiger partial charge is 0.348 e. The highest BCUT2D eigenvalue weighted by molar-refractivity contribution is 7.94. The number of nitrogens with zero attached hydrogens (tertiary/aromatic N) is 3. The summed E-state index contributed by atoms with van der Waals surface area (Å²) in [4.78, 5) is 30.7. The molecule has 1 atom stereocenters. The maximum Gasteiger partial charge on any atom is 0.332 e.